The molecule has 0 aliphatic carbocycles. The Bertz CT molecular complexity index is 617. The van der Waals surface area contributed by atoms with Crippen LogP contribution in [0, 0.1) is 0 Å². The van der Waals surface area contributed by atoms with Crippen LogP contribution in [0.2, 0.25) is 0 Å². The van der Waals surface area contributed by atoms with Crippen molar-refractivity contribution in [2.45, 2.75) is 25.4 Å². The van der Waals surface area contributed by atoms with Crippen molar-refractivity contribution in [2.75, 3.05) is 0 Å². The van der Waals surface area contributed by atoms with Gasteiger partial charge in [-0.25, -0.2) is 4.79 Å². The molecule has 20 heavy (non-hydrogen) atoms. The summed E-state index contributed by atoms with van der Waals surface area (Å²) in [6.45, 7) is 3.38. The molecule has 5 nitrogen and oxygen atoms in total. The molecule has 0 fully saturated rings. The smallest absolute Gasteiger partial charge is 0.333 e. The van der Waals surface area contributed by atoms with E-state index in [1.165, 1.54) is 0 Å². The molecular formula is C15H18N2O3. The van der Waals surface area contributed by atoms with Crippen LogP contribution in [0.15, 0.2) is 36.4 Å². The summed E-state index contributed by atoms with van der Waals surface area (Å²) in [7, 11) is 1.75. The van der Waals surface area contributed by atoms with Gasteiger partial charge in [-0.05, 0) is 6.07 Å². The third kappa shape index (κ3) is 2.44. The van der Waals surface area contributed by atoms with Gasteiger partial charge in [0.1, 0.15) is 0 Å². The zero-order valence-corrected chi connectivity index (χ0v) is 11.7. The Hall–Kier alpha value is -2.14. The first-order valence-corrected chi connectivity index (χ1v) is 6.35. The molecule has 0 amide bonds. The monoisotopic (exact) mass is 274 g/mol. The number of carboxylic acids is 1. The second-order valence-electron chi connectivity index (χ2n) is 5.37. The summed E-state index contributed by atoms with van der Waals surface area (Å²) < 4.78 is 1.62. The SMILES string of the molecule is Cn1nc(-c2ccccc2)cc1C(C)(C)C(O)C(=O)O. The highest BCUT2D eigenvalue weighted by Gasteiger charge is 2.37. The number of benzene rings is 1. The van der Waals surface area contributed by atoms with E-state index in [0.717, 1.165) is 11.3 Å². The van der Waals surface area contributed by atoms with Crippen LogP contribution in [0.3, 0.4) is 0 Å². The van der Waals surface area contributed by atoms with Crippen molar-refractivity contribution >= 4 is 5.97 Å². The summed E-state index contributed by atoms with van der Waals surface area (Å²) in [6, 6.07) is 11.5. The van der Waals surface area contributed by atoms with Crippen LogP contribution in [0.5, 0.6) is 0 Å². The molecule has 5 heteroatoms. The van der Waals surface area contributed by atoms with E-state index < -0.39 is 17.5 Å². The average molecular weight is 274 g/mol. The summed E-state index contributed by atoms with van der Waals surface area (Å²) >= 11 is 0. The Labute approximate surface area is 117 Å². The van der Waals surface area contributed by atoms with Crippen molar-refractivity contribution < 1.29 is 15.0 Å². The maximum atomic E-state index is 11.0. The average Bonchev–Trinajstić information content (AvgIpc) is 2.81. The topological polar surface area (TPSA) is 75.3 Å². The zero-order valence-electron chi connectivity index (χ0n) is 11.7. The van der Waals surface area contributed by atoms with E-state index in [0.29, 0.717) is 5.69 Å². The largest absolute Gasteiger partial charge is 0.479 e. The minimum Gasteiger partial charge on any atom is -0.479 e. The fraction of sp³-hybridized carbons (Fsp3) is 0.333. The van der Waals surface area contributed by atoms with E-state index in [9.17, 15) is 9.90 Å². The van der Waals surface area contributed by atoms with Crippen molar-refractivity contribution in [2.24, 2.45) is 7.05 Å². The molecule has 0 bridgehead atoms. The number of hydrogen-bond acceptors (Lipinski definition) is 3. The van der Waals surface area contributed by atoms with Crippen LogP contribution >= 0.6 is 0 Å². The number of carbonyl (C=O) groups is 1. The Morgan fingerprint density at radius 1 is 1.30 bits per heavy atom. The Morgan fingerprint density at radius 2 is 1.90 bits per heavy atom. The van der Waals surface area contributed by atoms with Gasteiger partial charge < -0.3 is 10.2 Å². The minimum absolute atomic E-state index is 0.672. The minimum atomic E-state index is -1.48. The van der Waals surface area contributed by atoms with E-state index in [4.69, 9.17) is 5.11 Å². The number of aliphatic carboxylic acids is 1. The van der Waals surface area contributed by atoms with Gasteiger partial charge in [0, 0.05) is 23.7 Å². The predicted molar refractivity (Wildman–Crippen MR) is 75.3 cm³/mol. The molecule has 1 atom stereocenters. The highest BCUT2D eigenvalue weighted by Crippen LogP contribution is 2.30. The van der Waals surface area contributed by atoms with Gasteiger partial charge in [0.15, 0.2) is 6.10 Å². The lowest BCUT2D eigenvalue weighted by Crippen LogP contribution is -2.41. The predicted octanol–water partition coefficient (Wildman–Crippen LogP) is 1.81. The fourth-order valence-corrected chi connectivity index (χ4v) is 2.27. The standard InChI is InChI=1S/C15H18N2O3/c1-15(2,13(18)14(19)20)12-9-11(16-17(12)3)10-7-5-4-6-8-10/h4-9,13,18H,1-3H3,(H,19,20). The van der Waals surface area contributed by atoms with Gasteiger partial charge in [0.05, 0.1) is 5.69 Å². The van der Waals surface area contributed by atoms with Gasteiger partial charge in [-0.3, -0.25) is 4.68 Å². The van der Waals surface area contributed by atoms with Crippen LogP contribution in [0.1, 0.15) is 19.5 Å². The van der Waals surface area contributed by atoms with Gasteiger partial charge in [0.2, 0.25) is 0 Å². The zero-order chi connectivity index (χ0) is 14.9. The van der Waals surface area contributed by atoms with E-state index in [1.807, 2.05) is 36.4 Å². The molecule has 2 N–H and O–H groups in total. The number of carboxylic acid groups (broad SMARTS) is 1. The first kappa shape index (κ1) is 14.3. The molecule has 0 saturated heterocycles. The van der Waals surface area contributed by atoms with Crippen molar-refractivity contribution in [3.63, 3.8) is 0 Å². The highest BCUT2D eigenvalue weighted by molar-refractivity contribution is 5.74. The summed E-state index contributed by atoms with van der Waals surface area (Å²) in [6.07, 6.45) is -1.48. The quantitative estimate of drug-likeness (QED) is 0.891. The molecule has 2 aromatic rings. The van der Waals surface area contributed by atoms with Crippen LogP contribution in [-0.2, 0) is 17.3 Å². The highest BCUT2D eigenvalue weighted by atomic mass is 16.4. The van der Waals surface area contributed by atoms with Crippen molar-refractivity contribution in [3.8, 4) is 11.3 Å². The number of aliphatic hydroxyl groups excluding tert-OH is 1. The third-order valence-electron chi connectivity index (χ3n) is 3.53. The molecule has 1 unspecified atom stereocenters. The molecule has 0 saturated carbocycles. The lowest BCUT2D eigenvalue weighted by molar-refractivity contribution is -0.150. The van der Waals surface area contributed by atoms with Crippen molar-refractivity contribution in [1.82, 2.24) is 9.78 Å². The van der Waals surface area contributed by atoms with E-state index in [1.54, 1.807) is 25.6 Å². The number of hydrogen-bond donors (Lipinski definition) is 2. The van der Waals surface area contributed by atoms with E-state index in [2.05, 4.69) is 5.10 Å². The molecule has 1 aromatic heterocycles. The van der Waals surface area contributed by atoms with Crippen molar-refractivity contribution in [3.05, 3.63) is 42.1 Å². The van der Waals surface area contributed by atoms with Gasteiger partial charge in [-0.2, -0.15) is 5.10 Å². The van der Waals surface area contributed by atoms with E-state index in [-0.39, 0.29) is 0 Å². The number of nitrogens with zero attached hydrogens (tertiary/aromatic N) is 2. The normalized spacial score (nSPS) is 13.2. The van der Waals surface area contributed by atoms with Gasteiger partial charge in [-0.1, -0.05) is 44.2 Å². The molecule has 0 aliphatic heterocycles. The Kier molecular flexibility index (Phi) is 3.63. The molecular weight excluding hydrogens is 256 g/mol. The summed E-state index contributed by atoms with van der Waals surface area (Å²) in [5, 5.41) is 23.3. The molecule has 1 heterocycles. The second kappa shape index (κ2) is 5.09. The maximum Gasteiger partial charge on any atom is 0.333 e. The number of aliphatic hydroxyl groups is 1. The van der Waals surface area contributed by atoms with Crippen LogP contribution in [0.4, 0.5) is 0 Å². The first-order chi connectivity index (χ1) is 9.34. The van der Waals surface area contributed by atoms with Gasteiger partial charge in [-0.15, -0.1) is 0 Å². The number of aryl methyl sites for hydroxylation is 1. The molecule has 2 rings (SSSR count). The second-order valence-corrected chi connectivity index (χ2v) is 5.37. The molecule has 0 aliphatic rings. The van der Waals surface area contributed by atoms with E-state index >= 15 is 0 Å². The van der Waals surface area contributed by atoms with Gasteiger partial charge >= 0.3 is 5.97 Å². The van der Waals surface area contributed by atoms with Crippen LogP contribution in [0.25, 0.3) is 11.3 Å². The summed E-state index contributed by atoms with van der Waals surface area (Å²) in [5.74, 6) is -1.24. The lowest BCUT2D eigenvalue weighted by atomic mass is 9.82. The first-order valence-electron chi connectivity index (χ1n) is 6.35. The van der Waals surface area contributed by atoms with Crippen molar-refractivity contribution in [1.29, 1.82) is 0 Å². The molecule has 1 aromatic carbocycles. The Morgan fingerprint density at radius 3 is 2.45 bits per heavy atom. The number of aromatic nitrogens is 2. The maximum absolute atomic E-state index is 11.0. The number of rotatable bonds is 4. The van der Waals surface area contributed by atoms with Crippen LogP contribution in [-0.4, -0.2) is 32.1 Å². The molecule has 106 valence electrons. The third-order valence-corrected chi connectivity index (χ3v) is 3.53. The fourth-order valence-electron chi connectivity index (χ4n) is 2.27. The summed E-state index contributed by atoms with van der Waals surface area (Å²) in [4.78, 5) is 11.0. The molecule has 0 spiro atoms. The lowest BCUT2D eigenvalue weighted by Gasteiger charge is -2.27. The van der Waals surface area contributed by atoms with Gasteiger partial charge in [0.25, 0.3) is 0 Å². The van der Waals surface area contributed by atoms with Crippen LogP contribution < -0.4 is 0 Å². The molecule has 0 radical (unpaired) electrons. The Balaban J connectivity index is 2.45. The summed E-state index contributed by atoms with van der Waals surface area (Å²) in [5.41, 5.74) is 1.45.